The molecule has 0 amide bonds. The van der Waals surface area contributed by atoms with Gasteiger partial charge in [0.2, 0.25) is 0 Å². The Balaban J connectivity index is 2.80. The number of aromatic nitrogens is 2. The normalized spacial score (nSPS) is 10.5. The van der Waals surface area contributed by atoms with E-state index in [0.29, 0.717) is 14.7 Å². The van der Waals surface area contributed by atoms with Crippen molar-refractivity contribution in [2.45, 2.75) is 0 Å². The Kier molecular flexibility index (Phi) is 1.95. The van der Waals surface area contributed by atoms with Gasteiger partial charge in [-0.05, 0) is 34.7 Å². The van der Waals surface area contributed by atoms with Gasteiger partial charge in [0.1, 0.15) is 5.52 Å². The fourth-order valence-corrected chi connectivity index (χ4v) is 1.98. The van der Waals surface area contributed by atoms with Gasteiger partial charge in [0, 0.05) is 0 Å². The van der Waals surface area contributed by atoms with Gasteiger partial charge in [0.15, 0.2) is 0 Å². The lowest BCUT2D eigenvalue weighted by Crippen LogP contribution is -1.99. The number of hydrogen-bond donors (Lipinski definition) is 2. The quantitative estimate of drug-likeness (QED) is 0.787. The highest BCUT2D eigenvalue weighted by molar-refractivity contribution is 14.1. The molecule has 4 nitrogen and oxygen atoms in total. The Morgan fingerprint density at radius 2 is 2.31 bits per heavy atom. The summed E-state index contributed by atoms with van der Waals surface area (Å²) in [5.74, 6) is -0.922. The molecule has 1 aromatic carbocycles. The lowest BCUT2D eigenvalue weighted by Gasteiger charge is -1.98. The zero-order valence-electron chi connectivity index (χ0n) is 6.41. The molecule has 66 valence electrons. The van der Waals surface area contributed by atoms with Crippen molar-refractivity contribution in [1.82, 2.24) is 9.97 Å². The van der Waals surface area contributed by atoms with Gasteiger partial charge in [0.25, 0.3) is 0 Å². The van der Waals surface area contributed by atoms with E-state index in [9.17, 15) is 4.79 Å². The number of carboxylic acid groups (broad SMARTS) is 1. The number of fused-ring (bicyclic) bond motifs is 1. The summed E-state index contributed by atoms with van der Waals surface area (Å²) in [6, 6.07) is 3.29. The van der Waals surface area contributed by atoms with Crippen molar-refractivity contribution in [3.63, 3.8) is 0 Å². The molecule has 2 aromatic rings. The monoisotopic (exact) mass is 288 g/mol. The molecular weight excluding hydrogens is 283 g/mol. The Morgan fingerprint density at radius 3 is 3.00 bits per heavy atom. The number of halogens is 1. The maximum atomic E-state index is 10.7. The summed E-state index contributed by atoms with van der Waals surface area (Å²) in [5, 5.41) is 8.82. The highest BCUT2D eigenvalue weighted by Gasteiger charge is 2.11. The first-order chi connectivity index (χ1) is 6.20. The van der Waals surface area contributed by atoms with Gasteiger partial charge < -0.3 is 10.1 Å². The number of imidazole rings is 1. The van der Waals surface area contributed by atoms with E-state index in [1.165, 1.54) is 0 Å². The van der Waals surface area contributed by atoms with Gasteiger partial charge in [0.05, 0.1) is 21.0 Å². The number of aromatic amines is 1. The largest absolute Gasteiger partial charge is 0.478 e. The summed E-state index contributed by atoms with van der Waals surface area (Å²) < 4.78 is 0.670. The number of carboxylic acids is 1. The molecule has 1 aromatic heterocycles. The van der Waals surface area contributed by atoms with Crippen LogP contribution in [0.15, 0.2) is 18.5 Å². The number of nitrogens with one attached hydrogen (secondary N) is 1. The summed E-state index contributed by atoms with van der Waals surface area (Å²) in [6.45, 7) is 0. The van der Waals surface area contributed by atoms with Crippen molar-refractivity contribution in [3.8, 4) is 0 Å². The van der Waals surface area contributed by atoms with Crippen LogP contribution in [0.4, 0.5) is 0 Å². The van der Waals surface area contributed by atoms with E-state index in [1.54, 1.807) is 18.5 Å². The number of aromatic carboxylic acids is 1. The molecule has 0 aliphatic heterocycles. The first-order valence-electron chi connectivity index (χ1n) is 3.55. The fourth-order valence-electron chi connectivity index (χ4n) is 1.14. The van der Waals surface area contributed by atoms with Gasteiger partial charge in [-0.3, -0.25) is 0 Å². The van der Waals surface area contributed by atoms with Gasteiger partial charge in [-0.2, -0.15) is 0 Å². The van der Waals surface area contributed by atoms with Crippen molar-refractivity contribution >= 4 is 39.6 Å². The summed E-state index contributed by atoms with van der Waals surface area (Å²) >= 11 is 1.99. The molecule has 2 N–H and O–H groups in total. The summed E-state index contributed by atoms with van der Waals surface area (Å²) in [4.78, 5) is 17.7. The van der Waals surface area contributed by atoms with Crippen molar-refractivity contribution in [3.05, 3.63) is 27.6 Å². The highest BCUT2D eigenvalue weighted by Crippen LogP contribution is 2.21. The topological polar surface area (TPSA) is 66.0 Å². The Morgan fingerprint density at radius 1 is 1.54 bits per heavy atom. The Hall–Kier alpha value is -1.11. The average Bonchev–Trinajstić information content (AvgIpc) is 2.52. The lowest BCUT2D eigenvalue weighted by molar-refractivity contribution is 0.0696. The molecule has 0 atom stereocenters. The van der Waals surface area contributed by atoms with Crippen LogP contribution in [0.3, 0.4) is 0 Å². The standard InChI is InChI=1S/C8H5IN2O2/c9-6-4(8(12)13)1-2-5-7(6)11-3-10-5/h1-3H,(H,10,11)(H,12,13). The minimum absolute atomic E-state index is 0.292. The Bertz CT molecular complexity index is 478. The summed E-state index contributed by atoms with van der Waals surface area (Å²) in [6.07, 6.45) is 1.55. The van der Waals surface area contributed by atoms with Crippen LogP contribution in [0, 0.1) is 3.57 Å². The van der Waals surface area contributed by atoms with E-state index in [2.05, 4.69) is 9.97 Å². The molecule has 13 heavy (non-hydrogen) atoms. The SMILES string of the molecule is O=C(O)c1ccc2[nH]cnc2c1I. The average molecular weight is 288 g/mol. The molecule has 0 unspecified atom stereocenters. The van der Waals surface area contributed by atoms with Gasteiger partial charge in [-0.1, -0.05) is 0 Å². The van der Waals surface area contributed by atoms with E-state index in [1.807, 2.05) is 22.6 Å². The molecule has 2 rings (SSSR count). The van der Waals surface area contributed by atoms with Crippen molar-refractivity contribution in [2.75, 3.05) is 0 Å². The van der Waals surface area contributed by atoms with Crippen LogP contribution in [0.2, 0.25) is 0 Å². The molecule has 0 spiro atoms. The fraction of sp³-hybridized carbons (Fsp3) is 0. The molecule has 0 aliphatic carbocycles. The van der Waals surface area contributed by atoms with Crippen LogP contribution < -0.4 is 0 Å². The third kappa shape index (κ3) is 1.28. The van der Waals surface area contributed by atoms with Crippen molar-refractivity contribution in [2.24, 2.45) is 0 Å². The van der Waals surface area contributed by atoms with E-state index in [-0.39, 0.29) is 0 Å². The van der Waals surface area contributed by atoms with Gasteiger partial charge in [-0.15, -0.1) is 0 Å². The predicted octanol–water partition coefficient (Wildman–Crippen LogP) is 1.87. The molecule has 0 aliphatic rings. The van der Waals surface area contributed by atoms with Crippen LogP contribution in [0.1, 0.15) is 10.4 Å². The van der Waals surface area contributed by atoms with E-state index in [4.69, 9.17) is 5.11 Å². The summed E-state index contributed by atoms with van der Waals surface area (Å²) in [5.41, 5.74) is 1.86. The molecule has 0 bridgehead atoms. The molecule has 0 fully saturated rings. The van der Waals surface area contributed by atoms with Crippen LogP contribution >= 0.6 is 22.6 Å². The first kappa shape index (κ1) is 8.49. The maximum absolute atomic E-state index is 10.7. The molecule has 0 saturated heterocycles. The van der Waals surface area contributed by atoms with Crippen LogP contribution in [0.25, 0.3) is 11.0 Å². The van der Waals surface area contributed by atoms with Gasteiger partial charge >= 0.3 is 5.97 Å². The van der Waals surface area contributed by atoms with Crippen molar-refractivity contribution in [1.29, 1.82) is 0 Å². The number of H-pyrrole nitrogens is 1. The van der Waals surface area contributed by atoms with Gasteiger partial charge in [-0.25, -0.2) is 9.78 Å². The molecular formula is C8H5IN2O2. The number of hydrogen-bond acceptors (Lipinski definition) is 2. The minimum Gasteiger partial charge on any atom is -0.478 e. The smallest absolute Gasteiger partial charge is 0.336 e. The second-order valence-electron chi connectivity index (χ2n) is 2.53. The van der Waals surface area contributed by atoms with E-state index < -0.39 is 5.97 Å². The lowest BCUT2D eigenvalue weighted by atomic mass is 10.2. The van der Waals surface area contributed by atoms with Crippen LogP contribution in [0.5, 0.6) is 0 Å². The summed E-state index contributed by atoms with van der Waals surface area (Å²) in [7, 11) is 0. The predicted molar refractivity (Wildman–Crippen MR) is 55.8 cm³/mol. The molecule has 5 heteroatoms. The minimum atomic E-state index is -0.922. The van der Waals surface area contributed by atoms with Crippen LogP contribution in [-0.4, -0.2) is 21.0 Å². The number of nitrogens with zero attached hydrogens (tertiary/aromatic N) is 1. The zero-order valence-corrected chi connectivity index (χ0v) is 8.57. The third-order valence-electron chi connectivity index (χ3n) is 1.76. The van der Waals surface area contributed by atoms with E-state index in [0.717, 1.165) is 5.52 Å². The number of rotatable bonds is 1. The highest BCUT2D eigenvalue weighted by atomic mass is 127. The molecule has 0 saturated carbocycles. The maximum Gasteiger partial charge on any atom is 0.336 e. The second kappa shape index (κ2) is 2.99. The number of benzene rings is 1. The first-order valence-corrected chi connectivity index (χ1v) is 4.63. The van der Waals surface area contributed by atoms with Crippen LogP contribution in [-0.2, 0) is 0 Å². The third-order valence-corrected chi connectivity index (χ3v) is 2.85. The number of carbonyl (C=O) groups is 1. The second-order valence-corrected chi connectivity index (χ2v) is 3.61. The molecule has 0 radical (unpaired) electrons. The molecule has 1 heterocycles. The van der Waals surface area contributed by atoms with E-state index >= 15 is 0 Å². The van der Waals surface area contributed by atoms with Crippen molar-refractivity contribution < 1.29 is 9.90 Å². The Labute approximate surface area is 87.1 Å². The zero-order chi connectivity index (χ0) is 9.42.